The van der Waals surface area contributed by atoms with Gasteiger partial charge in [0.2, 0.25) is 0 Å². The van der Waals surface area contributed by atoms with Gasteiger partial charge in [-0.05, 0) is 24.6 Å². The predicted molar refractivity (Wildman–Crippen MR) is 86.7 cm³/mol. The van der Waals surface area contributed by atoms with E-state index < -0.39 is 0 Å². The summed E-state index contributed by atoms with van der Waals surface area (Å²) in [4.78, 5) is 11.7. The average molecular weight is 309 g/mol. The van der Waals surface area contributed by atoms with Crippen molar-refractivity contribution in [2.75, 3.05) is 0 Å². The van der Waals surface area contributed by atoms with Gasteiger partial charge in [-0.1, -0.05) is 48.5 Å². The van der Waals surface area contributed by atoms with Gasteiger partial charge in [0, 0.05) is 17.5 Å². The van der Waals surface area contributed by atoms with Crippen LogP contribution in [-0.4, -0.2) is 10.9 Å². The van der Waals surface area contributed by atoms with Gasteiger partial charge in [-0.25, -0.2) is 4.39 Å². The van der Waals surface area contributed by atoms with Crippen LogP contribution in [0, 0.1) is 12.7 Å². The first kappa shape index (κ1) is 15.2. The van der Waals surface area contributed by atoms with Gasteiger partial charge < -0.3 is 4.52 Å². The largest absolute Gasteiger partial charge is 0.360 e. The molecule has 0 saturated carbocycles. The molecule has 1 aromatic heterocycles. The molecular formula is C19H16FNO2. The molecule has 0 saturated heterocycles. The summed E-state index contributed by atoms with van der Waals surface area (Å²) in [6.07, 6.45) is 0.469. The minimum atomic E-state index is -0.307. The lowest BCUT2D eigenvalue weighted by Gasteiger charge is -2.04. The van der Waals surface area contributed by atoms with Crippen molar-refractivity contribution in [3.63, 3.8) is 0 Å². The van der Waals surface area contributed by atoms with E-state index >= 15 is 0 Å². The quantitative estimate of drug-likeness (QED) is 0.633. The van der Waals surface area contributed by atoms with E-state index in [1.54, 1.807) is 25.1 Å². The summed E-state index contributed by atoms with van der Waals surface area (Å²) in [5.41, 5.74) is 3.62. The van der Waals surface area contributed by atoms with Crippen molar-refractivity contribution in [3.05, 3.63) is 65.7 Å². The zero-order valence-electron chi connectivity index (χ0n) is 13.0. The average Bonchev–Trinajstić information content (AvgIpc) is 2.96. The van der Waals surface area contributed by atoms with Gasteiger partial charge in [0.15, 0.2) is 5.78 Å². The first-order valence-corrected chi connectivity index (χ1v) is 7.46. The van der Waals surface area contributed by atoms with Crippen LogP contribution in [0.25, 0.3) is 22.4 Å². The van der Waals surface area contributed by atoms with Gasteiger partial charge in [0.05, 0.1) is 5.56 Å². The fourth-order valence-electron chi connectivity index (χ4n) is 2.57. The third-order valence-corrected chi connectivity index (χ3v) is 3.78. The molecule has 4 heteroatoms. The van der Waals surface area contributed by atoms with Crippen LogP contribution in [0.3, 0.4) is 0 Å². The number of carbonyl (C=O) groups excluding carboxylic acids is 1. The Morgan fingerprint density at radius 2 is 1.87 bits per heavy atom. The van der Waals surface area contributed by atoms with Crippen LogP contribution in [0.5, 0.6) is 0 Å². The third-order valence-electron chi connectivity index (χ3n) is 3.78. The van der Waals surface area contributed by atoms with Crippen molar-refractivity contribution in [1.82, 2.24) is 5.16 Å². The second-order valence-corrected chi connectivity index (χ2v) is 5.33. The Kier molecular flexibility index (Phi) is 4.06. The number of ketones is 1. The monoisotopic (exact) mass is 309 g/mol. The van der Waals surface area contributed by atoms with E-state index in [0.717, 1.165) is 11.1 Å². The second kappa shape index (κ2) is 6.16. The molecule has 0 amide bonds. The number of hydrogen-bond acceptors (Lipinski definition) is 3. The number of aromatic nitrogens is 1. The molecular weight excluding hydrogens is 293 g/mol. The van der Waals surface area contributed by atoms with Crippen LogP contribution in [0.1, 0.15) is 29.5 Å². The van der Waals surface area contributed by atoms with Crippen LogP contribution in [0.2, 0.25) is 0 Å². The summed E-state index contributed by atoms with van der Waals surface area (Å²) < 4.78 is 18.8. The van der Waals surface area contributed by atoms with Crippen molar-refractivity contribution in [2.24, 2.45) is 0 Å². The molecule has 116 valence electrons. The molecule has 0 unspecified atom stereocenters. The highest BCUT2D eigenvalue weighted by atomic mass is 19.1. The Bertz CT molecular complexity index is 850. The lowest BCUT2D eigenvalue weighted by molar-refractivity contribution is 0.0988. The summed E-state index contributed by atoms with van der Waals surface area (Å²) in [7, 11) is 0. The standard InChI is InChI=1S/C19H16FNO2/c1-3-17(22)13-7-9-14(10-8-13)19-18(12(2)23-21-19)15-5-4-6-16(20)11-15/h4-11H,3H2,1-2H3. The molecule has 0 N–H and O–H groups in total. The number of halogens is 1. The minimum absolute atomic E-state index is 0.0956. The highest BCUT2D eigenvalue weighted by Crippen LogP contribution is 2.34. The van der Waals surface area contributed by atoms with E-state index in [0.29, 0.717) is 29.0 Å². The van der Waals surface area contributed by atoms with Gasteiger partial charge in [-0.3, -0.25) is 4.79 Å². The van der Waals surface area contributed by atoms with E-state index in [9.17, 15) is 9.18 Å². The van der Waals surface area contributed by atoms with E-state index in [-0.39, 0.29) is 11.6 Å². The Morgan fingerprint density at radius 3 is 2.52 bits per heavy atom. The van der Waals surface area contributed by atoms with Gasteiger partial charge in [0.25, 0.3) is 0 Å². The maximum absolute atomic E-state index is 13.5. The molecule has 3 aromatic rings. The molecule has 0 aliphatic heterocycles. The van der Waals surface area contributed by atoms with Gasteiger partial charge in [-0.2, -0.15) is 0 Å². The number of hydrogen-bond donors (Lipinski definition) is 0. The number of carbonyl (C=O) groups is 1. The van der Waals surface area contributed by atoms with Crippen molar-refractivity contribution in [1.29, 1.82) is 0 Å². The molecule has 0 radical (unpaired) electrons. The normalized spacial score (nSPS) is 10.7. The first-order chi connectivity index (χ1) is 11.1. The zero-order chi connectivity index (χ0) is 16.4. The Hall–Kier alpha value is -2.75. The Labute approximate surface area is 133 Å². The van der Waals surface area contributed by atoms with Crippen LogP contribution in [0.15, 0.2) is 53.1 Å². The third kappa shape index (κ3) is 2.93. The lowest BCUT2D eigenvalue weighted by atomic mass is 9.98. The molecule has 3 nitrogen and oxygen atoms in total. The maximum atomic E-state index is 13.5. The second-order valence-electron chi connectivity index (χ2n) is 5.33. The van der Waals surface area contributed by atoms with Gasteiger partial charge in [0.1, 0.15) is 17.3 Å². The highest BCUT2D eigenvalue weighted by Gasteiger charge is 2.17. The molecule has 2 aromatic carbocycles. The van der Waals surface area contributed by atoms with Crippen molar-refractivity contribution >= 4 is 5.78 Å². The highest BCUT2D eigenvalue weighted by molar-refractivity contribution is 5.96. The number of rotatable bonds is 4. The summed E-state index contributed by atoms with van der Waals surface area (Å²) in [5.74, 6) is 0.412. The van der Waals surface area contributed by atoms with Crippen LogP contribution < -0.4 is 0 Å². The summed E-state index contributed by atoms with van der Waals surface area (Å²) in [6.45, 7) is 3.63. The molecule has 0 atom stereocenters. The maximum Gasteiger partial charge on any atom is 0.162 e. The van der Waals surface area contributed by atoms with Gasteiger partial charge >= 0.3 is 0 Å². The minimum Gasteiger partial charge on any atom is -0.360 e. The van der Waals surface area contributed by atoms with Gasteiger partial charge in [-0.15, -0.1) is 0 Å². The number of aryl methyl sites for hydroxylation is 1. The Morgan fingerprint density at radius 1 is 1.13 bits per heavy atom. The molecule has 0 fully saturated rings. The topological polar surface area (TPSA) is 43.1 Å². The van der Waals surface area contributed by atoms with Crippen LogP contribution >= 0.6 is 0 Å². The molecule has 0 aliphatic rings. The van der Waals surface area contributed by atoms with Crippen molar-refractivity contribution < 1.29 is 13.7 Å². The smallest absolute Gasteiger partial charge is 0.162 e. The summed E-state index contributed by atoms with van der Waals surface area (Å²) in [5, 5.41) is 4.10. The molecule has 23 heavy (non-hydrogen) atoms. The summed E-state index contributed by atoms with van der Waals surface area (Å²) in [6, 6.07) is 13.6. The van der Waals surface area contributed by atoms with E-state index in [4.69, 9.17) is 4.52 Å². The van der Waals surface area contributed by atoms with Crippen molar-refractivity contribution in [3.8, 4) is 22.4 Å². The summed E-state index contributed by atoms with van der Waals surface area (Å²) >= 11 is 0. The van der Waals surface area contributed by atoms with Crippen LogP contribution in [-0.2, 0) is 0 Å². The van der Waals surface area contributed by atoms with E-state index in [1.807, 2.05) is 25.1 Å². The van der Waals surface area contributed by atoms with E-state index in [1.165, 1.54) is 12.1 Å². The van der Waals surface area contributed by atoms with Crippen molar-refractivity contribution in [2.45, 2.75) is 20.3 Å². The van der Waals surface area contributed by atoms with E-state index in [2.05, 4.69) is 5.16 Å². The number of Topliss-reactive ketones (excluding diaryl/α,β-unsaturated/α-hetero) is 1. The fraction of sp³-hybridized carbons (Fsp3) is 0.158. The fourth-order valence-corrected chi connectivity index (χ4v) is 2.57. The number of nitrogens with zero attached hydrogens (tertiary/aromatic N) is 1. The lowest BCUT2D eigenvalue weighted by Crippen LogP contribution is -1.95. The zero-order valence-corrected chi connectivity index (χ0v) is 13.0. The molecule has 1 heterocycles. The molecule has 3 rings (SSSR count). The SMILES string of the molecule is CCC(=O)c1ccc(-c2noc(C)c2-c2cccc(F)c2)cc1. The molecule has 0 spiro atoms. The number of benzene rings is 2. The molecule has 0 bridgehead atoms. The first-order valence-electron chi connectivity index (χ1n) is 7.46. The molecule has 0 aliphatic carbocycles. The van der Waals surface area contributed by atoms with Crippen LogP contribution in [0.4, 0.5) is 4.39 Å². The predicted octanol–water partition coefficient (Wildman–Crippen LogP) is 5.05. The Balaban J connectivity index is 2.06.